The van der Waals surface area contributed by atoms with Crippen LogP contribution in [-0.2, 0) is 4.79 Å². The van der Waals surface area contributed by atoms with E-state index in [4.69, 9.17) is 16.7 Å². The van der Waals surface area contributed by atoms with E-state index in [1.807, 2.05) is 0 Å². The minimum atomic E-state index is -3.03. The van der Waals surface area contributed by atoms with Gasteiger partial charge in [-0.2, -0.15) is 8.78 Å². The highest BCUT2D eigenvalue weighted by Crippen LogP contribution is 2.37. The first-order valence-corrected chi connectivity index (χ1v) is 6.88. The van der Waals surface area contributed by atoms with Crippen LogP contribution in [0.2, 0.25) is 5.02 Å². The topological polar surface area (TPSA) is 58.6 Å². The van der Waals surface area contributed by atoms with Crippen molar-refractivity contribution in [1.82, 2.24) is 0 Å². The van der Waals surface area contributed by atoms with Gasteiger partial charge >= 0.3 is 6.61 Å². The molecule has 20 heavy (non-hydrogen) atoms. The fourth-order valence-electron chi connectivity index (χ4n) is 1.41. The number of carbonyl (C=O) groups is 1. The van der Waals surface area contributed by atoms with Gasteiger partial charge in [-0.25, -0.2) is 0 Å². The molecular formula is C12H13BrClF2NO3. The van der Waals surface area contributed by atoms with Gasteiger partial charge in [-0.15, -0.1) is 0 Å². The largest absolute Gasteiger partial charge is 0.431 e. The van der Waals surface area contributed by atoms with Crippen molar-refractivity contribution in [3.8, 4) is 5.75 Å². The zero-order chi connectivity index (χ0) is 15.3. The predicted molar refractivity (Wildman–Crippen MR) is 75.3 cm³/mol. The summed E-state index contributed by atoms with van der Waals surface area (Å²) >= 11 is 8.85. The molecule has 1 amide bonds. The molecule has 1 aromatic rings. The molecule has 2 N–H and O–H groups in total. The van der Waals surface area contributed by atoms with Gasteiger partial charge in [0.15, 0.2) is 5.75 Å². The van der Waals surface area contributed by atoms with Gasteiger partial charge in [-0.1, -0.05) is 11.6 Å². The minimum absolute atomic E-state index is 0.0419. The Balaban J connectivity index is 2.89. The number of halogens is 4. The monoisotopic (exact) mass is 371 g/mol. The molecule has 1 aromatic carbocycles. The number of rotatable bonds is 6. The summed E-state index contributed by atoms with van der Waals surface area (Å²) in [5.74, 6) is -0.631. The van der Waals surface area contributed by atoms with Gasteiger partial charge < -0.3 is 15.2 Å². The number of aliphatic hydroxyl groups excluding tert-OH is 1. The molecule has 1 atom stereocenters. The summed E-state index contributed by atoms with van der Waals surface area (Å²) in [6, 6.07) is 2.69. The average molecular weight is 373 g/mol. The Hall–Kier alpha value is -0.920. The number of ether oxygens (including phenoxy) is 1. The van der Waals surface area contributed by atoms with Crippen molar-refractivity contribution in [2.75, 3.05) is 5.32 Å². The van der Waals surface area contributed by atoms with Gasteiger partial charge in [0.25, 0.3) is 0 Å². The molecule has 0 saturated heterocycles. The third kappa shape index (κ3) is 5.60. The third-order valence-corrected chi connectivity index (χ3v) is 3.09. The summed E-state index contributed by atoms with van der Waals surface area (Å²) < 4.78 is 29.3. The number of amides is 1. The van der Waals surface area contributed by atoms with Crippen molar-refractivity contribution in [3.05, 3.63) is 21.6 Å². The summed E-state index contributed by atoms with van der Waals surface area (Å²) in [4.78, 5) is 11.7. The van der Waals surface area contributed by atoms with Crippen LogP contribution < -0.4 is 10.1 Å². The third-order valence-electron chi connectivity index (χ3n) is 2.28. The average Bonchev–Trinajstić information content (AvgIpc) is 2.30. The molecule has 8 heteroatoms. The molecule has 1 unspecified atom stereocenters. The van der Waals surface area contributed by atoms with E-state index in [9.17, 15) is 13.6 Å². The molecule has 0 aliphatic heterocycles. The fourth-order valence-corrected chi connectivity index (χ4v) is 2.32. The number of carbonyl (C=O) groups excluding carboxylic acids is 1. The predicted octanol–water partition coefficient (Wildman–Crippen LogP) is 3.80. The lowest BCUT2D eigenvalue weighted by atomic mass is 10.2. The second kappa shape index (κ2) is 7.75. The molecule has 0 fully saturated rings. The maximum Gasteiger partial charge on any atom is 0.387 e. The van der Waals surface area contributed by atoms with Crippen LogP contribution in [0, 0.1) is 0 Å². The van der Waals surface area contributed by atoms with Crippen LogP contribution in [0.4, 0.5) is 14.5 Å². The number of hydrogen-bond acceptors (Lipinski definition) is 3. The standard InChI is InChI=1S/C12H13BrClF2NO3/c1-6(18)2-3-10(19)17-9-5-7(14)4-8(13)11(9)20-12(15)16/h4-6,12,18H,2-3H2,1H3,(H,17,19). The Labute approximate surface area is 128 Å². The molecule has 0 bridgehead atoms. The van der Waals surface area contributed by atoms with E-state index >= 15 is 0 Å². The minimum Gasteiger partial charge on any atom is -0.431 e. The van der Waals surface area contributed by atoms with Crippen LogP contribution in [-0.4, -0.2) is 23.7 Å². The molecule has 0 radical (unpaired) electrons. The lowest BCUT2D eigenvalue weighted by molar-refractivity contribution is -0.116. The van der Waals surface area contributed by atoms with Crippen molar-refractivity contribution < 1.29 is 23.4 Å². The highest BCUT2D eigenvalue weighted by Gasteiger charge is 2.17. The smallest absolute Gasteiger partial charge is 0.387 e. The zero-order valence-corrected chi connectivity index (χ0v) is 12.8. The van der Waals surface area contributed by atoms with Gasteiger partial charge in [0.2, 0.25) is 5.91 Å². The Morgan fingerprint density at radius 2 is 2.20 bits per heavy atom. The molecule has 0 heterocycles. The molecule has 4 nitrogen and oxygen atoms in total. The SMILES string of the molecule is CC(O)CCC(=O)Nc1cc(Cl)cc(Br)c1OC(F)F. The highest BCUT2D eigenvalue weighted by molar-refractivity contribution is 9.10. The maximum atomic E-state index is 12.4. The number of hydrogen-bond donors (Lipinski definition) is 2. The van der Waals surface area contributed by atoms with Crippen molar-refractivity contribution in [2.24, 2.45) is 0 Å². The summed E-state index contributed by atoms with van der Waals surface area (Å²) in [7, 11) is 0. The van der Waals surface area contributed by atoms with E-state index in [1.165, 1.54) is 12.1 Å². The van der Waals surface area contributed by atoms with E-state index < -0.39 is 18.6 Å². The molecule has 1 rings (SSSR count). The molecule has 112 valence electrons. The second-order valence-corrected chi connectivity index (χ2v) is 5.37. The number of aliphatic hydroxyl groups is 1. The van der Waals surface area contributed by atoms with Crippen molar-refractivity contribution in [3.63, 3.8) is 0 Å². The number of nitrogens with one attached hydrogen (secondary N) is 1. The molecule has 0 aliphatic carbocycles. The first-order chi connectivity index (χ1) is 9.29. The summed E-state index contributed by atoms with van der Waals surface area (Å²) in [6.45, 7) is -1.48. The maximum absolute atomic E-state index is 12.4. The van der Waals surface area contributed by atoms with Crippen LogP contribution in [0.3, 0.4) is 0 Å². The Morgan fingerprint density at radius 3 is 2.75 bits per heavy atom. The summed E-state index contributed by atoms with van der Waals surface area (Å²) in [6.07, 6.45) is -0.308. The quantitative estimate of drug-likeness (QED) is 0.798. The second-order valence-electron chi connectivity index (χ2n) is 4.08. The molecule has 0 spiro atoms. The van der Waals surface area contributed by atoms with Crippen LogP contribution >= 0.6 is 27.5 Å². The normalized spacial score (nSPS) is 12.3. The van der Waals surface area contributed by atoms with Gasteiger partial charge in [-0.3, -0.25) is 4.79 Å². The van der Waals surface area contributed by atoms with E-state index in [0.717, 1.165) is 0 Å². The van der Waals surface area contributed by atoms with Crippen LogP contribution in [0.15, 0.2) is 16.6 Å². The van der Waals surface area contributed by atoms with Gasteiger partial charge in [0.1, 0.15) is 0 Å². The highest BCUT2D eigenvalue weighted by atomic mass is 79.9. The first-order valence-electron chi connectivity index (χ1n) is 5.71. The fraction of sp³-hybridized carbons (Fsp3) is 0.417. The van der Waals surface area contributed by atoms with E-state index in [-0.39, 0.29) is 33.8 Å². The number of benzene rings is 1. The summed E-state index contributed by atoms with van der Waals surface area (Å²) in [5.41, 5.74) is 0.0419. The number of alkyl halides is 2. The lowest BCUT2D eigenvalue weighted by Gasteiger charge is -2.14. The number of anilines is 1. The summed E-state index contributed by atoms with van der Waals surface area (Å²) in [5, 5.41) is 11.8. The zero-order valence-electron chi connectivity index (χ0n) is 10.5. The molecule has 0 aliphatic rings. The Bertz CT molecular complexity index is 486. The van der Waals surface area contributed by atoms with E-state index in [1.54, 1.807) is 6.92 Å². The van der Waals surface area contributed by atoms with Crippen LogP contribution in [0.5, 0.6) is 5.75 Å². The lowest BCUT2D eigenvalue weighted by Crippen LogP contribution is -2.15. The van der Waals surface area contributed by atoms with Gasteiger partial charge in [0, 0.05) is 11.4 Å². The van der Waals surface area contributed by atoms with Gasteiger partial charge in [-0.05, 0) is 41.4 Å². The Morgan fingerprint density at radius 1 is 1.55 bits per heavy atom. The molecular weight excluding hydrogens is 359 g/mol. The van der Waals surface area contributed by atoms with Crippen molar-refractivity contribution >= 4 is 39.1 Å². The van der Waals surface area contributed by atoms with E-state index in [2.05, 4.69) is 26.0 Å². The van der Waals surface area contributed by atoms with Gasteiger partial charge in [0.05, 0.1) is 16.3 Å². The molecule has 0 saturated carbocycles. The Kier molecular flexibility index (Phi) is 6.64. The van der Waals surface area contributed by atoms with Crippen LogP contribution in [0.1, 0.15) is 19.8 Å². The van der Waals surface area contributed by atoms with Crippen molar-refractivity contribution in [1.29, 1.82) is 0 Å². The van der Waals surface area contributed by atoms with E-state index in [0.29, 0.717) is 0 Å². The molecule has 0 aromatic heterocycles. The van der Waals surface area contributed by atoms with Crippen LogP contribution in [0.25, 0.3) is 0 Å². The first kappa shape index (κ1) is 17.1. The van der Waals surface area contributed by atoms with Crippen molar-refractivity contribution in [2.45, 2.75) is 32.5 Å².